The molecule has 0 saturated heterocycles. The van der Waals surface area contributed by atoms with E-state index in [-0.39, 0.29) is 11.5 Å². The summed E-state index contributed by atoms with van der Waals surface area (Å²) in [5.41, 5.74) is 0.141. The topological polar surface area (TPSA) is 65.3 Å². The van der Waals surface area contributed by atoms with Crippen LogP contribution in [0, 0.1) is 16.7 Å². The van der Waals surface area contributed by atoms with Crippen molar-refractivity contribution in [1.82, 2.24) is 5.32 Å². The Morgan fingerprint density at radius 2 is 2.19 bits per heavy atom. The first-order valence-corrected chi connectivity index (χ1v) is 5.76. The molecule has 0 amide bonds. The molecule has 94 valence electrons. The predicted octanol–water partition coefficient (Wildman–Crippen LogP) is 1.30. The van der Waals surface area contributed by atoms with E-state index < -0.39 is 0 Å². The Kier molecular flexibility index (Phi) is 8.18. The standard InChI is InChI=1S/C12H24N2O2/c1-12(2,6-4-7-13)10-14-8-5-11(15)9-16-3/h11,14-15H,4-6,8-10H2,1-3H3. The quantitative estimate of drug-likeness (QED) is 0.584. The van der Waals surface area contributed by atoms with Gasteiger partial charge in [-0.2, -0.15) is 5.26 Å². The molecule has 0 aliphatic carbocycles. The molecule has 4 heteroatoms. The molecule has 0 saturated carbocycles. The number of ether oxygens (including phenoxy) is 1. The highest BCUT2D eigenvalue weighted by Crippen LogP contribution is 2.20. The van der Waals surface area contributed by atoms with Crippen molar-refractivity contribution >= 4 is 0 Å². The second-order valence-electron chi connectivity index (χ2n) is 4.90. The summed E-state index contributed by atoms with van der Waals surface area (Å²) in [5, 5.41) is 21.2. The second kappa shape index (κ2) is 8.51. The van der Waals surface area contributed by atoms with Gasteiger partial charge in [-0.1, -0.05) is 13.8 Å². The smallest absolute Gasteiger partial charge is 0.0785 e. The van der Waals surface area contributed by atoms with E-state index in [2.05, 4.69) is 25.2 Å². The van der Waals surface area contributed by atoms with Crippen LogP contribution in [0.2, 0.25) is 0 Å². The van der Waals surface area contributed by atoms with Gasteiger partial charge in [-0.15, -0.1) is 0 Å². The molecule has 0 aromatic heterocycles. The first-order chi connectivity index (χ1) is 7.52. The third-order valence-electron chi connectivity index (χ3n) is 2.53. The number of nitrogens with one attached hydrogen (secondary N) is 1. The summed E-state index contributed by atoms with van der Waals surface area (Å²) in [4.78, 5) is 0. The molecule has 0 aliphatic rings. The molecule has 1 unspecified atom stereocenters. The van der Waals surface area contributed by atoms with Gasteiger partial charge in [0.15, 0.2) is 0 Å². The highest BCUT2D eigenvalue weighted by atomic mass is 16.5. The van der Waals surface area contributed by atoms with Gasteiger partial charge >= 0.3 is 0 Å². The van der Waals surface area contributed by atoms with Gasteiger partial charge in [0.2, 0.25) is 0 Å². The molecule has 0 radical (unpaired) electrons. The van der Waals surface area contributed by atoms with Crippen LogP contribution in [0.4, 0.5) is 0 Å². The van der Waals surface area contributed by atoms with E-state index in [0.29, 0.717) is 19.4 Å². The van der Waals surface area contributed by atoms with Crippen molar-refractivity contribution in [2.45, 2.75) is 39.2 Å². The molecule has 1 atom stereocenters. The van der Waals surface area contributed by atoms with Crippen molar-refractivity contribution in [2.75, 3.05) is 26.8 Å². The third kappa shape index (κ3) is 8.66. The fraction of sp³-hybridized carbons (Fsp3) is 0.917. The van der Waals surface area contributed by atoms with Crippen LogP contribution in [-0.4, -0.2) is 38.0 Å². The molecule has 0 aromatic rings. The summed E-state index contributed by atoms with van der Waals surface area (Å²) >= 11 is 0. The number of nitriles is 1. The maximum atomic E-state index is 9.41. The fourth-order valence-electron chi connectivity index (χ4n) is 1.45. The summed E-state index contributed by atoms with van der Waals surface area (Å²) in [6, 6.07) is 2.16. The zero-order chi connectivity index (χ0) is 12.4. The van der Waals surface area contributed by atoms with Crippen LogP contribution in [0.5, 0.6) is 0 Å². The molecule has 0 spiro atoms. The van der Waals surface area contributed by atoms with Crippen LogP contribution in [0.1, 0.15) is 33.1 Å². The van der Waals surface area contributed by atoms with Crippen molar-refractivity contribution in [3.8, 4) is 6.07 Å². The Morgan fingerprint density at radius 1 is 1.50 bits per heavy atom. The van der Waals surface area contributed by atoms with Gasteiger partial charge in [-0.05, 0) is 24.8 Å². The first-order valence-electron chi connectivity index (χ1n) is 5.76. The third-order valence-corrected chi connectivity index (χ3v) is 2.53. The lowest BCUT2D eigenvalue weighted by Gasteiger charge is -2.24. The van der Waals surface area contributed by atoms with E-state index in [1.807, 2.05) is 0 Å². The van der Waals surface area contributed by atoms with Gasteiger partial charge in [-0.25, -0.2) is 0 Å². The lowest BCUT2D eigenvalue weighted by Crippen LogP contribution is -2.32. The lowest BCUT2D eigenvalue weighted by molar-refractivity contribution is 0.0590. The molecular weight excluding hydrogens is 204 g/mol. The van der Waals surface area contributed by atoms with Crippen molar-refractivity contribution < 1.29 is 9.84 Å². The van der Waals surface area contributed by atoms with E-state index in [4.69, 9.17) is 10.00 Å². The molecule has 0 aromatic carbocycles. The molecular formula is C12H24N2O2. The maximum absolute atomic E-state index is 9.41. The van der Waals surface area contributed by atoms with Crippen LogP contribution >= 0.6 is 0 Å². The number of aliphatic hydroxyl groups is 1. The van der Waals surface area contributed by atoms with Crippen LogP contribution in [0.15, 0.2) is 0 Å². The van der Waals surface area contributed by atoms with Gasteiger partial charge < -0.3 is 15.2 Å². The van der Waals surface area contributed by atoms with Crippen LogP contribution in [0.3, 0.4) is 0 Å². The van der Waals surface area contributed by atoms with E-state index >= 15 is 0 Å². The zero-order valence-electron chi connectivity index (χ0n) is 10.6. The Morgan fingerprint density at radius 3 is 2.75 bits per heavy atom. The van der Waals surface area contributed by atoms with Crippen molar-refractivity contribution in [3.63, 3.8) is 0 Å². The Labute approximate surface area is 98.6 Å². The Hall–Kier alpha value is -0.630. The Bertz CT molecular complexity index is 212. The highest BCUT2D eigenvalue weighted by Gasteiger charge is 2.16. The van der Waals surface area contributed by atoms with Gasteiger partial charge in [0, 0.05) is 20.1 Å². The summed E-state index contributed by atoms with van der Waals surface area (Å²) in [6.45, 7) is 6.32. The van der Waals surface area contributed by atoms with Crippen molar-refractivity contribution in [2.24, 2.45) is 5.41 Å². The van der Waals surface area contributed by atoms with Gasteiger partial charge in [0.25, 0.3) is 0 Å². The molecule has 16 heavy (non-hydrogen) atoms. The molecule has 0 heterocycles. The molecule has 2 N–H and O–H groups in total. The van der Waals surface area contributed by atoms with E-state index in [1.165, 1.54) is 0 Å². The predicted molar refractivity (Wildman–Crippen MR) is 64.0 cm³/mol. The Balaban J connectivity index is 3.53. The van der Waals surface area contributed by atoms with Crippen molar-refractivity contribution in [3.05, 3.63) is 0 Å². The summed E-state index contributed by atoms with van der Waals surface area (Å²) in [6.07, 6.45) is 1.81. The average Bonchev–Trinajstić information content (AvgIpc) is 2.22. The maximum Gasteiger partial charge on any atom is 0.0785 e. The summed E-state index contributed by atoms with van der Waals surface area (Å²) in [5.74, 6) is 0. The average molecular weight is 228 g/mol. The minimum atomic E-state index is -0.389. The second-order valence-corrected chi connectivity index (χ2v) is 4.90. The molecule has 0 bridgehead atoms. The van der Waals surface area contributed by atoms with Crippen LogP contribution in [0.25, 0.3) is 0 Å². The van der Waals surface area contributed by atoms with E-state index in [0.717, 1.165) is 19.5 Å². The van der Waals surface area contributed by atoms with Crippen LogP contribution in [-0.2, 0) is 4.74 Å². The monoisotopic (exact) mass is 228 g/mol. The number of methoxy groups -OCH3 is 1. The normalized spacial score (nSPS) is 13.4. The number of aliphatic hydroxyl groups excluding tert-OH is 1. The summed E-state index contributed by atoms with van der Waals surface area (Å²) < 4.78 is 4.84. The zero-order valence-corrected chi connectivity index (χ0v) is 10.6. The highest BCUT2D eigenvalue weighted by molar-refractivity contribution is 4.78. The number of hydrogen-bond acceptors (Lipinski definition) is 4. The molecule has 4 nitrogen and oxygen atoms in total. The molecule has 0 fully saturated rings. The number of hydrogen-bond donors (Lipinski definition) is 2. The SMILES string of the molecule is COCC(O)CCNCC(C)(C)CCC#N. The van der Waals surface area contributed by atoms with E-state index in [9.17, 15) is 5.11 Å². The van der Waals surface area contributed by atoms with Crippen molar-refractivity contribution in [1.29, 1.82) is 5.26 Å². The van der Waals surface area contributed by atoms with Crippen LogP contribution < -0.4 is 5.32 Å². The molecule has 0 aliphatic heterocycles. The minimum Gasteiger partial charge on any atom is -0.391 e. The van der Waals surface area contributed by atoms with Gasteiger partial charge in [-0.3, -0.25) is 0 Å². The largest absolute Gasteiger partial charge is 0.391 e. The summed E-state index contributed by atoms with van der Waals surface area (Å²) in [7, 11) is 1.58. The minimum absolute atomic E-state index is 0.141. The van der Waals surface area contributed by atoms with Gasteiger partial charge in [0.05, 0.1) is 18.8 Å². The fourth-order valence-corrected chi connectivity index (χ4v) is 1.45. The lowest BCUT2D eigenvalue weighted by atomic mass is 9.88. The number of nitrogens with zero attached hydrogens (tertiary/aromatic N) is 1. The van der Waals surface area contributed by atoms with Gasteiger partial charge in [0.1, 0.15) is 0 Å². The van der Waals surface area contributed by atoms with E-state index in [1.54, 1.807) is 7.11 Å². The molecule has 0 rings (SSSR count). The first kappa shape index (κ1) is 15.4. The number of rotatable bonds is 9.